The van der Waals surface area contributed by atoms with Gasteiger partial charge < -0.3 is 14.3 Å². The third-order valence-electron chi connectivity index (χ3n) is 6.41. The molecule has 2 aromatic heterocycles. The second kappa shape index (κ2) is 9.39. The topological polar surface area (TPSA) is 81.7 Å². The number of alkyl halides is 3. The second-order valence-corrected chi connectivity index (χ2v) is 9.88. The molecule has 3 heterocycles. The minimum Gasteiger partial charge on any atom is -0.505 e. The normalized spacial score (nSPS) is 12.9. The predicted octanol–water partition coefficient (Wildman–Crippen LogP) is 6.42. The highest BCUT2D eigenvalue weighted by Crippen LogP contribution is 2.42. The molecule has 0 fully saturated rings. The third kappa shape index (κ3) is 4.26. The van der Waals surface area contributed by atoms with Gasteiger partial charge in [-0.25, -0.2) is 4.79 Å². The number of fused-ring (bicyclic) bond motifs is 5. The lowest BCUT2D eigenvalue weighted by molar-refractivity contribution is -0.137. The number of aromatic hydroxyl groups is 1. The minimum absolute atomic E-state index is 0.0484. The zero-order chi connectivity index (χ0) is 27.3. The zero-order valence-corrected chi connectivity index (χ0v) is 20.8. The summed E-state index contributed by atoms with van der Waals surface area (Å²) < 4.78 is 52.7. The lowest BCUT2D eigenvalue weighted by atomic mass is 10.00. The number of nitrogens with zero attached hydrogens (tertiary/aromatic N) is 1. The maximum Gasteiger partial charge on any atom is 0.416 e. The lowest BCUT2D eigenvalue weighted by Crippen LogP contribution is -2.23. The van der Waals surface area contributed by atoms with E-state index < -0.39 is 28.7 Å². The van der Waals surface area contributed by atoms with Crippen LogP contribution in [0.3, 0.4) is 0 Å². The number of aromatic nitrogens is 1. The Morgan fingerprint density at radius 2 is 1.67 bits per heavy atom. The Balaban J connectivity index is 1.66. The molecule has 10 heteroatoms. The van der Waals surface area contributed by atoms with Gasteiger partial charge in [-0.05, 0) is 42.5 Å². The first-order chi connectivity index (χ1) is 18.7. The van der Waals surface area contributed by atoms with Crippen LogP contribution in [0.5, 0.6) is 11.5 Å². The van der Waals surface area contributed by atoms with Crippen molar-refractivity contribution >= 4 is 22.7 Å². The van der Waals surface area contributed by atoms with Crippen molar-refractivity contribution < 1.29 is 27.4 Å². The number of hydrogen-bond donors (Lipinski definition) is 1. The molecular formula is C29H18F3NO5S. The monoisotopic (exact) mass is 549 g/mol. The summed E-state index contributed by atoms with van der Waals surface area (Å²) in [5, 5.41) is 11.0. The highest BCUT2D eigenvalue weighted by molar-refractivity contribution is 7.99. The maximum absolute atomic E-state index is 14.1. The molecular weight excluding hydrogens is 531 g/mol. The summed E-state index contributed by atoms with van der Waals surface area (Å²) in [6.07, 6.45) is -4.33. The molecule has 6 nitrogen and oxygen atoms in total. The summed E-state index contributed by atoms with van der Waals surface area (Å²) in [4.78, 5) is 26.9. The first kappa shape index (κ1) is 24.9. The van der Waals surface area contributed by atoms with Crippen LogP contribution in [0.25, 0.3) is 27.9 Å². The van der Waals surface area contributed by atoms with E-state index in [0.717, 1.165) is 12.1 Å². The van der Waals surface area contributed by atoms with Crippen molar-refractivity contribution in [2.75, 3.05) is 6.61 Å². The summed E-state index contributed by atoms with van der Waals surface area (Å²) in [6.45, 7) is 0.220. The molecule has 0 bridgehead atoms. The van der Waals surface area contributed by atoms with E-state index in [4.69, 9.17) is 9.15 Å². The molecule has 5 aromatic rings. The molecule has 6 rings (SSSR count). The Labute approximate surface area is 222 Å². The molecule has 0 amide bonds. The van der Waals surface area contributed by atoms with Crippen LogP contribution in [-0.4, -0.2) is 16.3 Å². The van der Waals surface area contributed by atoms with Crippen LogP contribution in [0.2, 0.25) is 0 Å². The summed E-state index contributed by atoms with van der Waals surface area (Å²) in [5.41, 5.74) is -0.550. The lowest BCUT2D eigenvalue weighted by Gasteiger charge is -2.19. The molecule has 0 atom stereocenters. The number of para-hydroxylation sites is 2. The van der Waals surface area contributed by atoms with Crippen LogP contribution >= 0.6 is 11.8 Å². The van der Waals surface area contributed by atoms with E-state index in [1.807, 2.05) is 0 Å². The average molecular weight is 550 g/mol. The van der Waals surface area contributed by atoms with Crippen molar-refractivity contribution in [3.8, 4) is 28.4 Å². The van der Waals surface area contributed by atoms with Crippen LogP contribution in [0.1, 0.15) is 11.1 Å². The Morgan fingerprint density at radius 1 is 0.923 bits per heavy atom. The molecule has 0 saturated heterocycles. The number of rotatable bonds is 3. The van der Waals surface area contributed by atoms with Crippen molar-refractivity contribution in [3.05, 3.63) is 111 Å². The Morgan fingerprint density at radius 3 is 2.44 bits per heavy atom. The van der Waals surface area contributed by atoms with Gasteiger partial charge in [0, 0.05) is 28.1 Å². The SMILES string of the molecule is O=c1oc2c3c(n(-c4ccccc4)c(=O)c2c(O)c1Sc1cccc(C(F)(F)F)c1)-c1ccccc1OCC3. The van der Waals surface area contributed by atoms with Crippen molar-refractivity contribution in [1.29, 1.82) is 0 Å². The summed E-state index contributed by atoms with van der Waals surface area (Å²) >= 11 is 0.597. The van der Waals surface area contributed by atoms with Crippen LogP contribution in [0, 0.1) is 0 Å². The second-order valence-electron chi connectivity index (χ2n) is 8.80. The molecule has 0 saturated carbocycles. The summed E-state index contributed by atoms with van der Waals surface area (Å²) in [6, 6.07) is 20.3. The number of ether oxygens (including phenoxy) is 1. The van der Waals surface area contributed by atoms with Crippen LogP contribution in [-0.2, 0) is 12.6 Å². The van der Waals surface area contributed by atoms with Crippen LogP contribution in [0.4, 0.5) is 13.2 Å². The van der Waals surface area contributed by atoms with Gasteiger partial charge in [0.25, 0.3) is 5.56 Å². The van der Waals surface area contributed by atoms with Crippen LogP contribution < -0.4 is 15.9 Å². The van der Waals surface area contributed by atoms with E-state index in [9.17, 15) is 27.9 Å². The number of hydrogen-bond acceptors (Lipinski definition) is 6. The van der Waals surface area contributed by atoms with Crippen molar-refractivity contribution in [1.82, 2.24) is 4.57 Å². The molecule has 0 aliphatic carbocycles. The van der Waals surface area contributed by atoms with Gasteiger partial charge in [-0.2, -0.15) is 13.2 Å². The third-order valence-corrected chi connectivity index (χ3v) is 7.46. The van der Waals surface area contributed by atoms with Gasteiger partial charge in [0.05, 0.1) is 17.9 Å². The van der Waals surface area contributed by atoms with Gasteiger partial charge in [0.1, 0.15) is 16.0 Å². The molecule has 0 radical (unpaired) electrons. The maximum atomic E-state index is 14.1. The molecule has 196 valence electrons. The number of benzene rings is 3. The molecule has 0 spiro atoms. The van der Waals surface area contributed by atoms with E-state index in [2.05, 4.69) is 0 Å². The molecule has 1 aliphatic rings. The Bertz CT molecular complexity index is 1860. The predicted molar refractivity (Wildman–Crippen MR) is 140 cm³/mol. The van der Waals surface area contributed by atoms with E-state index in [1.165, 1.54) is 16.7 Å². The van der Waals surface area contributed by atoms with Gasteiger partial charge in [0.15, 0.2) is 11.3 Å². The standard InChI is InChI=1S/C29H18F3NO5S/c30-29(31,32)16-7-6-10-18(15-16)39-26-24(34)22-25(38-28(26)36)20-13-14-37-21-12-5-4-11-19(21)23(20)33(27(22)35)17-8-2-1-3-9-17/h1-12,15,34H,13-14H2. The fourth-order valence-electron chi connectivity index (χ4n) is 4.71. The summed E-state index contributed by atoms with van der Waals surface area (Å²) in [7, 11) is 0. The largest absolute Gasteiger partial charge is 0.505 e. The van der Waals surface area contributed by atoms with E-state index in [1.54, 1.807) is 54.6 Å². The highest BCUT2D eigenvalue weighted by atomic mass is 32.2. The van der Waals surface area contributed by atoms with Gasteiger partial charge in [-0.15, -0.1) is 0 Å². The fourth-order valence-corrected chi connectivity index (χ4v) is 5.60. The molecule has 39 heavy (non-hydrogen) atoms. The number of pyridine rings is 1. The quantitative estimate of drug-likeness (QED) is 0.280. The van der Waals surface area contributed by atoms with Crippen LogP contribution in [0.15, 0.2) is 103 Å². The first-order valence-corrected chi connectivity index (χ1v) is 12.7. The van der Waals surface area contributed by atoms with E-state index in [0.29, 0.717) is 40.0 Å². The zero-order valence-electron chi connectivity index (χ0n) is 20.0. The van der Waals surface area contributed by atoms with E-state index in [-0.39, 0.29) is 33.8 Å². The van der Waals surface area contributed by atoms with Crippen molar-refractivity contribution in [2.24, 2.45) is 0 Å². The smallest absolute Gasteiger partial charge is 0.416 e. The fraction of sp³-hybridized carbons (Fsp3) is 0.103. The summed E-state index contributed by atoms with van der Waals surface area (Å²) in [5.74, 6) is -0.109. The molecule has 3 aromatic carbocycles. The van der Waals surface area contributed by atoms with Crippen molar-refractivity contribution in [3.63, 3.8) is 0 Å². The number of halogens is 3. The first-order valence-electron chi connectivity index (χ1n) is 11.8. The van der Waals surface area contributed by atoms with Gasteiger partial charge in [-0.1, -0.05) is 48.2 Å². The Hall–Kier alpha value is -4.44. The average Bonchev–Trinajstić information content (AvgIpc) is 3.11. The molecule has 1 aliphatic heterocycles. The van der Waals surface area contributed by atoms with Gasteiger partial charge in [0.2, 0.25) is 0 Å². The van der Waals surface area contributed by atoms with Crippen molar-refractivity contribution in [2.45, 2.75) is 22.4 Å². The van der Waals surface area contributed by atoms with Gasteiger partial charge in [-0.3, -0.25) is 9.36 Å². The highest BCUT2D eigenvalue weighted by Gasteiger charge is 2.32. The molecule has 1 N–H and O–H groups in total. The van der Waals surface area contributed by atoms with Gasteiger partial charge >= 0.3 is 11.8 Å². The van der Waals surface area contributed by atoms with E-state index >= 15 is 0 Å². The Kier molecular flexibility index (Phi) is 5.99. The minimum atomic E-state index is -4.59. The molecule has 0 unspecified atom stereocenters.